The van der Waals surface area contributed by atoms with Gasteiger partial charge in [-0.05, 0) is 88.1 Å². The minimum Gasteiger partial charge on any atom is -0.456 e. The topological polar surface area (TPSA) is 55.1 Å². The lowest BCUT2D eigenvalue weighted by atomic mass is 10.00. The van der Waals surface area contributed by atoms with Crippen molar-refractivity contribution < 1.29 is 4.42 Å². The van der Waals surface area contributed by atoms with Gasteiger partial charge in [0, 0.05) is 27.1 Å². The molecular weight excluding hydrogens is 697 g/mol. The maximum Gasteiger partial charge on any atom is 0.232 e. The van der Waals surface area contributed by atoms with Crippen LogP contribution in [0.15, 0.2) is 214 Å². The van der Waals surface area contributed by atoms with Gasteiger partial charge in [0.15, 0.2) is 5.84 Å². The summed E-state index contributed by atoms with van der Waals surface area (Å²) in [5, 5.41) is 4.42. The smallest absolute Gasteiger partial charge is 0.232 e. The second kappa shape index (κ2) is 14.5. The predicted octanol–water partition coefficient (Wildman–Crippen LogP) is 13.2. The number of furan rings is 1. The van der Waals surface area contributed by atoms with Gasteiger partial charge in [-0.3, -0.25) is 4.57 Å². The quantitative estimate of drug-likeness (QED) is 0.124. The molecule has 0 saturated carbocycles. The van der Waals surface area contributed by atoms with E-state index in [2.05, 4.69) is 156 Å². The number of amidine groups is 1. The number of aromatic nitrogens is 1. The number of fused-ring (bicyclic) bond motifs is 6. The number of benzene rings is 8. The van der Waals surface area contributed by atoms with E-state index < -0.39 is 0 Å². The number of rotatable bonds is 6. The highest BCUT2D eigenvalue weighted by molar-refractivity contribution is 6.17. The van der Waals surface area contributed by atoms with Crippen LogP contribution in [0.5, 0.6) is 0 Å². The van der Waals surface area contributed by atoms with Crippen molar-refractivity contribution in [3.05, 3.63) is 205 Å². The average molecular weight is 733 g/mol. The molecule has 2 heterocycles. The van der Waals surface area contributed by atoms with Crippen molar-refractivity contribution in [2.24, 2.45) is 15.0 Å². The molecule has 0 atom stereocenters. The van der Waals surface area contributed by atoms with E-state index in [-0.39, 0.29) is 0 Å². The molecule has 8 aromatic carbocycles. The van der Waals surface area contributed by atoms with Crippen LogP contribution in [0, 0.1) is 0 Å². The van der Waals surface area contributed by atoms with E-state index in [1.165, 1.54) is 11.1 Å². The fourth-order valence-electron chi connectivity index (χ4n) is 7.76. The molecule has 2 aromatic heterocycles. The second-order valence-electron chi connectivity index (χ2n) is 14.1. The average Bonchev–Trinajstić information content (AvgIpc) is 3.82. The lowest BCUT2D eigenvalue weighted by molar-refractivity contribution is 0.669. The molecule has 0 fully saturated rings. The molecule has 0 unspecified atom stereocenters. The van der Waals surface area contributed by atoms with E-state index in [1.807, 2.05) is 54.6 Å². The lowest BCUT2D eigenvalue weighted by Gasteiger charge is -2.10. The molecule has 10 aromatic rings. The Morgan fingerprint density at radius 1 is 0.456 bits per heavy atom. The first-order valence-electron chi connectivity index (χ1n) is 19.1. The minimum absolute atomic E-state index is 0.452. The SMILES string of the molecule is C=NC(=NC(=NCc1ccccc1)n1c2ccccc2c2cc(-c3ccc4c(c3)oc3ccc(-c5ccccc5)cc34)ccc21)c1ccc(-c2ccccc2)cc1. The number of nitrogens with zero attached hydrogens (tertiary/aromatic N) is 4. The molecule has 57 heavy (non-hydrogen) atoms. The van der Waals surface area contributed by atoms with Crippen LogP contribution in [-0.2, 0) is 6.54 Å². The largest absolute Gasteiger partial charge is 0.456 e. The summed E-state index contributed by atoms with van der Waals surface area (Å²) in [5.41, 5.74) is 12.5. The first-order valence-corrected chi connectivity index (χ1v) is 19.1. The van der Waals surface area contributed by atoms with Crippen molar-refractivity contribution in [3.8, 4) is 33.4 Å². The summed E-state index contributed by atoms with van der Waals surface area (Å²) in [4.78, 5) is 14.8. The highest BCUT2D eigenvalue weighted by Gasteiger charge is 2.18. The Bertz CT molecular complexity index is 3140. The normalized spacial score (nSPS) is 12.2. The Hall–Kier alpha value is -7.63. The number of aliphatic imine (C=N–C) groups is 3. The van der Waals surface area contributed by atoms with Crippen molar-refractivity contribution in [2.45, 2.75) is 6.54 Å². The molecule has 10 rings (SSSR count). The molecule has 5 heteroatoms. The molecule has 0 aliphatic heterocycles. The predicted molar refractivity (Wildman–Crippen MR) is 239 cm³/mol. The van der Waals surface area contributed by atoms with Crippen LogP contribution in [0.3, 0.4) is 0 Å². The summed E-state index contributed by atoms with van der Waals surface area (Å²) in [5.74, 6) is 1.03. The maximum atomic E-state index is 6.43. The molecule has 0 bridgehead atoms. The number of para-hydroxylation sites is 1. The van der Waals surface area contributed by atoms with Gasteiger partial charge in [-0.2, -0.15) is 4.99 Å². The summed E-state index contributed by atoms with van der Waals surface area (Å²) < 4.78 is 8.57. The third-order valence-electron chi connectivity index (χ3n) is 10.6. The van der Waals surface area contributed by atoms with Crippen molar-refractivity contribution in [3.63, 3.8) is 0 Å². The molecule has 5 nitrogen and oxygen atoms in total. The Balaban J connectivity index is 1.08. The molecule has 0 radical (unpaired) electrons. The van der Waals surface area contributed by atoms with Crippen LogP contribution in [0.25, 0.3) is 77.1 Å². The summed E-state index contributed by atoms with van der Waals surface area (Å²) in [7, 11) is 0. The third kappa shape index (κ3) is 6.41. The van der Waals surface area contributed by atoms with Crippen LogP contribution in [-0.4, -0.2) is 23.1 Å². The van der Waals surface area contributed by atoms with E-state index in [1.54, 1.807) is 0 Å². The van der Waals surface area contributed by atoms with Crippen LogP contribution in [0.1, 0.15) is 11.1 Å². The van der Waals surface area contributed by atoms with Gasteiger partial charge in [0.2, 0.25) is 5.96 Å². The van der Waals surface area contributed by atoms with E-state index in [0.29, 0.717) is 18.3 Å². The van der Waals surface area contributed by atoms with Crippen molar-refractivity contribution in [1.29, 1.82) is 0 Å². The summed E-state index contributed by atoms with van der Waals surface area (Å²) in [6, 6.07) is 67.3. The Morgan fingerprint density at radius 3 is 1.77 bits per heavy atom. The van der Waals surface area contributed by atoms with Crippen LogP contribution < -0.4 is 0 Å². The van der Waals surface area contributed by atoms with Crippen LogP contribution in [0.4, 0.5) is 0 Å². The zero-order valence-corrected chi connectivity index (χ0v) is 31.1. The van der Waals surface area contributed by atoms with E-state index in [4.69, 9.17) is 14.4 Å². The molecule has 0 N–H and O–H groups in total. The molecule has 0 amide bonds. The van der Waals surface area contributed by atoms with Gasteiger partial charge in [-0.25, -0.2) is 9.98 Å². The highest BCUT2D eigenvalue weighted by atomic mass is 16.3. The van der Waals surface area contributed by atoms with Gasteiger partial charge >= 0.3 is 0 Å². The summed E-state index contributed by atoms with van der Waals surface area (Å²) in [6.07, 6.45) is 0. The third-order valence-corrected chi connectivity index (χ3v) is 10.6. The lowest BCUT2D eigenvalue weighted by Crippen LogP contribution is -2.13. The van der Waals surface area contributed by atoms with Gasteiger partial charge < -0.3 is 4.42 Å². The van der Waals surface area contributed by atoms with Crippen molar-refractivity contribution in [1.82, 2.24) is 4.57 Å². The standard InChI is InChI=1S/C52H36N4O/c1-53-51(39-23-21-38(22-24-39)36-15-7-3-8-16-36)55-52(54-34-35-13-5-2-6-14-35)56-47-20-12-11-19-43(47)45-31-41(26-29-48(45)56)42-25-28-44-46-32-40(37-17-9-4-10-18-37)27-30-49(46)57-50(44)33-42/h2-33H,1,34H2. The first kappa shape index (κ1) is 33.9. The van der Waals surface area contributed by atoms with E-state index in [0.717, 1.165) is 77.1 Å². The first-order chi connectivity index (χ1) is 28.2. The molecule has 0 spiro atoms. The Labute approximate surface area is 330 Å². The number of hydrogen-bond acceptors (Lipinski definition) is 2. The fraction of sp³-hybridized carbons (Fsp3) is 0.0192. The highest BCUT2D eigenvalue weighted by Crippen LogP contribution is 2.37. The van der Waals surface area contributed by atoms with Gasteiger partial charge in [0.25, 0.3) is 0 Å². The fourth-order valence-corrected chi connectivity index (χ4v) is 7.76. The molecular formula is C52H36N4O. The Morgan fingerprint density at radius 2 is 1.02 bits per heavy atom. The van der Waals surface area contributed by atoms with Crippen molar-refractivity contribution >= 4 is 62.3 Å². The van der Waals surface area contributed by atoms with Gasteiger partial charge in [0.05, 0.1) is 17.6 Å². The summed E-state index contributed by atoms with van der Waals surface area (Å²) >= 11 is 0. The van der Waals surface area contributed by atoms with Gasteiger partial charge in [0.1, 0.15) is 11.2 Å². The van der Waals surface area contributed by atoms with Gasteiger partial charge in [-0.15, -0.1) is 0 Å². The second-order valence-corrected chi connectivity index (χ2v) is 14.1. The maximum absolute atomic E-state index is 6.43. The van der Waals surface area contributed by atoms with E-state index >= 15 is 0 Å². The molecule has 0 aliphatic rings. The van der Waals surface area contributed by atoms with Crippen molar-refractivity contribution in [2.75, 3.05) is 0 Å². The number of hydrogen-bond donors (Lipinski definition) is 0. The van der Waals surface area contributed by atoms with E-state index in [9.17, 15) is 0 Å². The van der Waals surface area contributed by atoms with Crippen LogP contribution >= 0.6 is 0 Å². The Kier molecular flexibility index (Phi) is 8.65. The molecule has 270 valence electrons. The zero-order valence-electron chi connectivity index (χ0n) is 31.1. The summed E-state index contributed by atoms with van der Waals surface area (Å²) in [6.45, 7) is 4.39. The zero-order chi connectivity index (χ0) is 38.1. The van der Waals surface area contributed by atoms with Crippen LogP contribution in [0.2, 0.25) is 0 Å². The molecule has 0 saturated heterocycles. The molecule has 0 aliphatic carbocycles. The minimum atomic E-state index is 0.452. The van der Waals surface area contributed by atoms with Gasteiger partial charge in [-0.1, -0.05) is 152 Å². The monoisotopic (exact) mass is 732 g/mol.